The number of nitrogens with zero attached hydrogens (tertiary/aromatic N) is 3. The van der Waals surface area contributed by atoms with Gasteiger partial charge in [0.25, 0.3) is 11.6 Å². The van der Waals surface area contributed by atoms with E-state index in [1.165, 1.54) is 23.9 Å². The summed E-state index contributed by atoms with van der Waals surface area (Å²) >= 11 is 1.33. The lowest BCUT2D eigenvalue weighted by atomic mass is 10.1. The molecule has 2 unspecified atom stereocenters. The smallest absolute Gasteiger partial charge is 0.286 e. The quantitative estimate of drug-likeness (QED) is 0.427. The molecule has 0 aliphatic carbocycles. The number of morpholine rings is 1. The van der Waals surface area contributed by atoms with Gasteiger partial charge in [0.05, 0.1) is 22.0 Å². The van der Waals surface area contributed by atoms with Crippen molar-refractivity contribution in [3.05, 3.63) is 57.2 Å². The molecule has 4 rings (SSSR count). The number of nitro groups is 1. The van der Waals surface area contributed by atoms with E-state index in [0.29, 0.717) is 34.7 Å². The summed E-state index contributed by atoms with van der Waals surface area (Å²) in [5.41, 5.74) is 0.742. The average Bonchev–Trinajstić information content (AvgIpc) is 3.28. The summed E-state index contributed by atoms with van der Waals surface area (Å²) in [6.45, 7) is 5.40. The lowest BCUT2D eigenvalue weighted by Crippen LogP contribution is -2.47. The van der Waals surface area contributed by atoms with Crippen LogP contribution in [0.4, 0.5) is 5.69 Å². The summed E-state index contributed by atoms with van der Waals surface area (Å²) in [6, 6.07) is 9.64. The summed E-state index contributed by atoms with van der Waals surface area (Å²) in [5, 5.41) is 11.5. The number of aliphatic imine (C=N–C) groups is 1. The lowest BCUT2D eigenvalue weighted by Gasteiger charge is -2.35. The van der Waals surface area contributed by atoms with Gasteiger partial charge in [-0.2, -0.15) is 4.99 Å². The Bertz CT molecular complexity index is 1000. The Morgan fingerprint density at radius 2 is 1.86 bits per heavy atom. The Morgan fingerprint density at radius 3 is 2.52 bits per heavy atom. The number of ether oxygens (including phenoxy) is 1. The molecule has 1 amide bonds. The van der Waals surface area contributed by atoms with Crippen LogP contribution < -0.4 is 0 Å². The van der Waals surface area contributed by atoms with Crippen molar-refractivity contribution >= 4 is 34.6 Å². The van der Waals surface area contributed by atoms with Crippen LogP contribution in [0.1, 0.15) is 19.6 Å². The highest BCUT2D eigenvalue weighted by Gasteiger charge is 2.31. The number of nitro benzene ring substituents is 1. The van der Waals surface area contributed by atoms with Crippen LogP contribution in [-0.2, 0) is 9.53 Å². The average molecular weight is 413 g/mol. The van der Waals surface area contributed by atoms with Gasteiger partial charge in [-0.25, -0.2) is 0 Å². The van der Waals surface area contributed by atoms with Crippen LogP contribution in [0.15, 0.2) is 50.7 Å². The molecule has 8 nitrogen and oxygen atoms in total. The van der Waals surface area contributed by atoms with E-state index in [-0.39, 0.29) is 23.8 Å². The number of thioether (sulfide) groups is 1. The second-order valence-corrected chi connectivity index (χ2v) is 7.99. The number of hydrogen-bond acceptors (Lipinski definition) is 7. The zero-order valence-electron chi connectivity index (χ0n) is 15.9. The minimum Gasteiger partial charge on any atom is -0.457 e. The first-order chi connectivity index (χ1) is 13.9. The Labute approximate surface area is 171 Å². The van der Waals surface area contributed by atoms with Gasteiger partial charge in [0.2, 0.25) is 0 Å². The van der Waals surface area contributed by atoms with E-state index in [0.717, 1.165) is 5.56 Å². The van der Waals surface area contributed by atoms with Gasteiger partial charge >= 0.3 is 0 Å². The van der Waals surface area contributed by atoms with E-state index in [4.69, 9.17) is 9.15 Å². The summed E-state index contributed by atoms with van der Waals surface area (Å²) < 4.78 is 11.5. The zero-order chi connectivity index (χ0) is 20.5. The van der Waals surface area contributed by atoms with Gasteiger partial charge in [-0.05, 0) is 49.9 Å². The molecule has 1 saturated heterocycles. The van der Waals surface area contributed by atoms with E-state index in [1.807, 2.05) is 13.8 Å². The van der Waals surface area contributed by atoms with Gasteiger partial charge in [0, 0.05) is 36.9 Å². The molecule has 2 atom stereocenters. The van der Waals surface area contributed by atoms with Crippen molar-refractivity contribution in [2.45, 2.75) is 26.1 Å². The molecule has 0 spiro atoms. The highest BCUT2D eigenvalue weighted by molar-refractivity contribution is 8.18. The van der Waals surface area contributed by atoms with Crippen LogP contribution in [0.25, 0.3) is 17.4 Å². The Kier molecular flexibility index (Phi) is 5.25. The van der Waals surface area contributed by atoms with Gasteiger partial charge in [0.1, 0.15) is 11.5 Å². The predicted molar refractivity (Wildman–Crippen MR) is 110 cm³/mol. The maximum atomic E-state index is 12.3. The van der Waals surface area contributed by atoms with Gasteiger partial charge in [-0.1, -0.05) is 0 Å². The van der Waals surface area contributed by atoms with Gasteiger partial charge in [0.15, 0.2) is 5.17 Å². The molecule has 2 aliphatic rings. The molecule has 1 aromatic heterocycles. The minimum atomic E-state index is -0.446. The largest absolute Gasteiger partial charge is 0.457 e. The Balaban J connectivity index is 1.48. The van der Waals surface area contributed by atoms with Crippen LogP contribution in [0, 0.1) is 10.1 Å². The third kappa shape index (κ3) is 4.25. The molecule has 29 heavy (non-hydrogen) atoms. The van der Waals surface area contributed by atoms with Crippen LogP contribution in [0.2, 0.25) is 0 Å². The number of benzene rings is 1. The molecule has 2 aromatic rings. The summed E-state index contributed by atoms with van der Waals surface area (Å²) in [5.74, 6) is 0.804. The fourth-order valence-corrected chi connectivity index (χ4v) is 4.24. The molecular formula is C20H19N3O5S. The van der Waals surface area contributed by atoms with Crippen molar-refractivity contribution in [3.63, 3.8) is 0 Å². The number of amides is 1. The first kappa shape index (κ1) is 19.4. The number of rotatable bonds is 3. The summed E-state index contributed by atoms with van der Waals surface area (Å²) in [4.78, 5) is 29.4. The highest BCUT2D eigenvalue weighted by atomic mass is 32.2. The normalized spacial score (nSPS) is 23.5. The van der Waals surface area contributed by atoms with E-state index in [1.54, 1.807) is 30.3 Å². The molecule has 1 aromatic carbocycles. The molecule has 150 valence electrons. The fraction of sp³-hybridized carbons (Fsp3) is 0.300. The van der Waals surface area contributed by atoms with Crippen LogP contribution in [-0.4, -0.2) is 46.2 Å². The molecule has 3 heterocycles. The Morgan fingerprint density at radius 1 is 1.17 bits per heavy atom. The molecular weight excluding hydrogens is 394 g/mol. The van der Waals surface area contributed by atoms with E-state index in [9.17, 15) is 14.9 Å². The predicted octanol–water partition coefficient (Wildman–Crippen LogP) is 3.93. The van der Waals surface area contributed by atoms with Gasteiger partial charge in [-0.15, -0.1) is 0 Å². The molecule has 0 bridgehead atoms. The zero-order valence-corrected chi connectivity index (χ0v) is 16.7. The second kappa shape index (κ2) is 7.84. The number of carbonyl (C=O) groups excluding carboxylic acids is 1. The van der Waals surface area contributed by atoms with E-state index in [2.05, 4.69) is 9.89 Å². The van der Waals surface area contributed by atoms with Crippen molar-refractivity contribution in [1.82, 2.24) is 4.90 Å². The first-order valence-corrected chi connectivity index (χ1v) is 9.98. The standard InChI is InChI=1S/C20H19N3O5S/c1-12-10-22(11-13(2)27-12)20-21-19(24)18(29-20)9-16-7-8-17(28-16)14-3-5-15(6-4-14)23(25)26/h3-9,12-13H,10-11H2,1-2H3. The molecule has 1 fully saturated rings. The number of hydrogen-bond donors (Lipinski definition) is 0. The fourth-order valence-electron chi connectivity index (χ4n) is 3.33. The van der Waals surface area contributed by atoms with E-state index < -0.39 is 4.92 Å². The highest BCUT2D eigenvalue weighted by Crippen LogP contribution is 2.33. The third-order valence-electron chi connectivity index (χ3n) is 4.56. The number of non-ortho nitro benzene ring substituents is 1. The molecule has 0 radical (unpaired) electrons. The monoisotopic (exact) mass is 413 g/mol. The topological polar surface area (TPSA) is 98.2 Å². The molecule has 0 saturated carbocycles. The summed E-state index contributed by atoms with van der Waals surface area (Å²) in [6.07, 6.45) is 1.84. The van der Waals surface area contributed by atoms with Crippen LogP contribution >= 0.6 is 11.8 Å². The third-order valence-corrected chi connectivity index (χ3v) is 5.61. The molecule has 9 heteroatoms. The van der Waals surface area contributed by atoms with Gasteiger partial charge in [-0.3, -0.25) is 14.9 Å². The second-order valence-electron chi connectivity index (χ2n) is 6.98. The minimum absolute atomic E-state index is 0.0204. The maximum absolute atomic E-state index is 12.3. The van der Waals surface area contributed by atoms with Crippen LogP contribution in [0.3, 0.4) is 0 Å². The van der Waals surface area contributed by atoms with Crippen molar-refractivity contribution in [3.8, 4) is 11.3 Å². The Hall–Kier alpha value is -2.91. The van der Waals surface area contributed by atoms with E-state index >= 15 is 0 Å². The van der Waals surface area contributed by atoms with Crippen molar-refractivity contribution in [2.75, 3.05) is 13.1 Å². The number of furan rings is 1. The van der Waals surface area contributed by atoms with Gasteiger partial charge < -0.3 is 14.1 Å². The molecule has 2 aliphatic heterocycles. The van der Waals surface area contributed by atoms with Crippen LogP contribution in [0.5, 0.6) is 0 Å². The van der Waals surface area contributed by atoms with Crippen molar-refractivity contribution in [2.24, 2.45) is 4.99 Å². The summed E-state index contributed by atoms with van der Waals surface area (Å²) in [7, 11) is 0. The first-order valence-electron chi connectivity index (χ1n) is 9.16. The number of amidine groups is 1. The van der Waals surface area contributed by atoms with Crippen molar-refractivity contribution in [1.29, 1.82) is 0 Å². The lowest BCUT2D eigenvalue weighted by molar-refractivity contribution is -0.384. The SMILES string of the molecule is CC1CN(C2=NC(=O)C(=Cc3ccc(-c4ccc([N+](=O)[O-])cc4)o3)S2)CC(C)O1. The molecule has 0 N–H and O–H groups in total. The number of carbonyl (C=O) groups is 1. The maximum Gasteiger partial charge on any atom is 0.286 e. The van der Waals surface area contributed by atoms with Crippen molar-refractivity contribution < 1.29 is 18.9 Å².